The third-order valence-corrected chi connectivity index (χ3v) is 7.40. The predicted molar refractivity (Wildman–Crippen MR) is 123 cm³/mol. The van der Waals surface area contributed by atoms with Crippen LogP contribution in [0.1, 0.15) is 63.4 Å². The van der Waals surface area contributed by atoms with Crippen LogP contribution in [0.5, 0.6) is 0 Å². The Bertz CT molecular complexity index is 861. The van der Waals surface area contributed by atoms with Crippen molar-refractivity contribution in [3.63, 3.8) is 0 Å². The van der Waals surface area contributed by atoms with E-state index >= 15 is 0 Å². The van der Waals surface area contributed by atoms with Gasteiger partial charge in [-0.2, -0.15) is 0 Å². The fourth-order valence-corrected chi connectivity index (χ4v) is 5.35. The first-order chi connectivity index (χ1) is 16.0. The van der Waals surface area contributed by atoms with E-state index in [1.807, 2.05) is 0 Å². The van der Waals surface area contributed by atoms with Crippen LogP contribution in [0.4, 0.5) is 9.18 Å². The molecule has 33 heavy (non-hydrogen) atoms. The summed E-state index contributed by atoms with van der Waals surface area (Å²) in [6.07, 6.45) is 8.64. The van der Waals surface area contributed by atoms with Crippen LogP contribution in [-0.4, -0.2) is 59.5 Å². The first kappa shape index (κ1) is 23.7. The maximum absolute atomic E-state index is 13.7. The van der Waals surface area contributed by atoms with Gasteiger partial charge in [-0.3, -0.25) is 14.5 Å². The van der Waals surface area contributed by atoms with E-state index < -0.39 is 5.54 Å². The van der Waals surface area contributed by atoms with Crippen LogP contribution in [0.3, 0.4) is 0 Å². The second-order valence-corrected chi connectivity index (χ2v) is 9.68. The lowest BCUT2D eigenvalue weighted by Gasteiger charge is -2.33. The summed E-state index contributed by atoms with van der Waals surface area (Å²) in [7, 11) is 0. The Kier molecular flexibility index (Phi) is 7.63. The lowest BCUT2D eigenvalue weighted by Crippen LogP contribution is -2.49. The molecule has 0 radical (unpaired) electrons. The molecule has 1 aliphatic carbocycles. The normalized spacial score (nSPS) is 22.2. The number of likely N-dealkylation sites (tertiary alicyclic amines) is 1. The monoisotopic (exact) mass is 458 g/mol. The van der Waals surface area contributed by atoms with E-state index in [2.05, 4.69) is 15.5 Å². The summed E-state index contributed by atoms with van der Waals surface area (Å²) in [5.74, 6) is -0.430. The zero-order valence-electron chi connectivity index (χ0n) is 19.3. The minimum atomic E-state index is -0.714. The molecule has 0 bridgehead atoms. The van der Waals surface area contributed by atoms with E-state index in [9.17, 15) is 18.8 Å². The van der Waals surface area contributed by atoms with Crippen LogP contribution in [0, 0.1) is 11.7 Å². The van der Waals surface area contributed by atoms with Gasteiger partial charge >= 0.3 is 6.03 Å². The number of imide groups is 1. The van der Waals surface area contributed by atoms with Gasteiger partial charge in [-0.1, -0.05) is 50.3 Å². The Morgan fingerprint density at radius 1 is 1.06 bits per heavy atom. The second kappa shape index (κ2) is 10.6. The van der Waals surface area contributed by atoms with Crippen LogP contribution in [-0.2, 0) is 16.0 Å². The fraction of sp³-hybridized carbons (Fsp3) is 0.640. The molecule has 0 aromatic heterocycles. The van der Waals surface area contributed by atoms with Crippen molar-refractivity contribution < 1.29 is 18.8 Å². The summed E-state index contributed by atoms with van der Waals surface area (Å²) in [5, 5.41) is 5.94. The van der Waals surface area contributed by atoms with E-state index in [0.717, 1.165) is 38.5 Å². The molecule has 2 N–H and O–H groups in total. The highest BCUT2D eigenvalue weighted by Crippen LogP contribution is 2.32. The third kappa shape index (κ3) is 5.54. The molecule has 3 aliphatic rings. The number of nitrogens with one attached hydrogen (secondary N) is 2. The molecule has 2 saturated heterocycles. The molecule has 1 saturated carbocycles. The van der Waals surface area contributed by atoms with Gasteiger partial charge in [-0.05, 0) is 43.7 Å². The third-order valence-electron chi connectivity index (χ3n) is 7.40. The number of carbonyl (C=O) groups is 3. The molecule has 2 heterocycles. The van der Waals surface area contributed by atoms with Crippen molar-refractivity contribution in [3.05, 3.63) is 35.6 Å². The van der Waals surface area contributed by atoms with Crippen molar-refractivity contribution in [3.8, 4) is 0 Å². The summed E-state index contributed by atoms with van der Waals surface area (Å²) in [6, 6.07) is 6.32. The van der Waals surface area contributed by atoms with Crippen molar-refractivity contribution in [1.29, 1.82) is 0 Å². The summed E-state index contributed by atoms with van der Waals surface area (Å²) >= 11 is 0. The summed E-state index contributed by atoms with van der Waals surface area (Å²) in [6.45, 7) is 2.02. The quantitative estimate of drug-likeness (QED) is 0.642. The molecule has 0 unspecified atom stereocenters. The molecule has 1 spiro atoms. The number of halogens is 1. The Labute approximate surface area is 195 Å². The fourth-order valence-electron chi connectivity index (χ4n) is 5.35. The van der Waals surface area contributed by atoms with Crippen molar-refractivity contribution in [2.75, 3.05) is 26.3 Å². The molecule has 2 aliphatic heterocycles. The van der Waals surface area contributed by atoms with Gasteiger partial charge in [0.2, 0.25) is 5.91 Å². The standard InChI is InChI=1S/C25H35FN4O3/c26-21-9-5-4-8-19(21)10-15-27-22(31)20-11-16-29(17-12-20)18-30-23(32)25(28-24(30)33)13-6-2-1-3-7-14-25/h4-5,8-9,20H,1-3,6-7,10-18H2,(H,27,31)(H,28,33). The molecule has 3 fully saturated rings. The Balaban J connectivity index is 1.22. The zero-order chi connectivity index (χ0) is 23.3. The first-order valence-corrected chi connectivity index (χ1v) is 12.4. The van der Waals surface area contributed by atoms with Gasteiger partial charge in [0.25, 0.3) is 5.91 Å². The van der Waals surface area contributed by atoms with Crippen LogP contribution >= 0.6 is 0 Å². The topological polar surface area (TPSA) is 81.8 Å². The Morgan fingerprint density at radius 3 is 2.42 bits per heavy atom. The number of amides is 4. The largest absolute Gasteiger partial charge is 0.356 e. The van der Waals surface area contributed by atoms with E-state index in [-0.39, 0.29) is 36.2 Å². The molecule has 1 aromatic carbocycles. The van der Waals surface area contributed by atoms with Gasteiger partial charge in [0.1, 0.15) is 11.4 Å². The van der Waals surface area contributed by atoms with Crippen molar-refractivity contribution in [2.24, 2.45) is 5.92 Å². The number of benzene rings is 1. The molecule has 1 aromatic rings. The van der Waals surface area contributed by atoms with Gasteiger partial charge in [0, 0.05) is 25.6 Å². The summed E-state index contributed by atoms with van der Waals surface area (Å²) < 4.78 is 13.7. The molecular formula is C25H35FN4O3. The average Bonchev–Trinajstić information content (AvgIpc) is 3.03. The molecule has 4 rings (SSSR count). The minimum Gasteiger partial charge on any atom is -0.356 e. The summed E-state index contributed by atoms with van der Waals surface area (Å²) in [5.41, 5.74) is -0.114. The first-order valence-electron chi connectivity index (χ1n) is 12.4. The van der Waals surface area contributed by atoms with Gasteiger partial charge < -0.3 is 10.6 Å². The average molecular weight is 459 g/mol. The van der Waals surface area contributed by atoms with E-state index in [4.69, 9.17) is 0 Å². The molecule has 0 atom stereocenters. The van der Waals surface area contributed by atoms with Crippen LogP contribution < -0.4 is 10.6 Å². The van der Waals surface area contributed by atoms with Crippen molar-refractivity contribution in [2.45, 2.75) is 69.7 Å². The molecular weight excluding hydrogens is 423 g/mol. The van der Waals surface area contributed by atoms with Crippen molar-refractivity contribution >= 4 is 17.8 Å². The number of carbonyl (C=O) groups excluding carboxylic acids is 3. The van der Waals surface area contributed by atoms with Crippen LogP contribution in [0.2, 0.25) is 0 Å². The van der Waals surface area contributed by atoms with E-state index in [1.165, 1.54) is 17.4 Å². The highest BCUT2D eigenvalue weighted by atomic mass is 19.1. The number of nitrogens with zero attached hydrogens (tertiary/aromatic N) is 2. The molecule has 4 amide bonds. The lowest BCUT2D eigenvalue weighted by atomic mass is 9.84. The van der Waals surface area contributed by atoms with Crippen molar-refractivity contribution in [1.82, 2.24) is 20.4 Å². The number of hydrogen-bond donors (Lipinski definition) is 2. The van der Waals surface area contributed by atoms with E-state index in [0.29, 0.717) is 44.5 Å². The number of hydrogen-bond acceptors (Lipinski definition) is 4. The summed E-state index contributed by atoms with van der Waals surface area (Å²) in [4.78, 5) is 41.8. The molecule has 8 heteroatoms. The zero-order valence-corrected chi connectivity index (χ0v) is 19.3. The Morgan fingerprint density at radius 2 is 1.73 bits per heavy atom. The van der Waals surface area contributed by atoms with Crippen LogP contribution in [0.15, 0.2) is 24.3 Å². The second-order valence-electron chi connectivity index (χ2n) is 9.68. The van der Waals surface area contributed by atoms with Crippen LogP contribution in [0.25, 0.3) is 0 Å². The van der Waals surface area contributed by atoms with Gasteiger partial charge in [-0.25, -0.2) is 14.1 Å². The number of piperidine rings is 1. The maximum atomic E-state index is 13.7. The maximum Gasteiger partial charge on any atom is 0.326 e. The highest BCUT2D eigenvalue weighted by Gasteiger charge is 2.50. The molecule has 7 nitrogen and oxygen atoms in total. The molecule has 180 valence electrons. The van der Waals surface area contributed by atoms with Gasteiger partial charge in [0.15, 0.2) is 0 Å². The lowest BCUT2D eigenvalue weighted by molar-refractivity contribution is -0.134. The predicted octanol–water partition coefficient (Wildman–Crippen LogP) is 3.19. The van der Waals surface area contributed by atoms with E-state index in [1.54, 1.807) is 18.2 Å². The number of urea groups is 1. The highest BCUT2D eigenvalue weighted by molar-refractivity contribution is 6.07. The number of rotatable bonds is 6. The minimum absolute atomic E-state index is 0.00513. The van der Waals surface area contributed by atoms with Gasteiger partial charge in [0.05, 0.1) is 6.67 Å². The smallest absolute Gasteiger partial charge is 0.326 e. The Hall–Kier alpha value is -2.48. The van der Waals surface area contributed by atoms with Gasteiger partial charge in [-0.15, -0.1) is 0 Å². The SMILES string of the molecule is O=C(NCCc1ccccc1F)C1CCN(CN2C(=O)NC3(CCCCCCC3)C2=O)CC1.